The lowest BCUT2D eigenvalue weighted by Crippen LogP contribution is -2.11. The summed E-state index contributed by atoms with van der Waals surface area (Å²) in [5.41, 5.74) is 9.75. The van der Waals surface area contributed by atoms with Crippen molar-refractivity contribution in [2.45, 2.75) is 0 Å². The van der Waals surface area contributed by atoms with E-state index in [0.29, 0.717) is 0 Å². The van der Waals surface area contributed by atoms with Crippen molar-refractivity contribution in [1.82, 2.24) is 0 Å². The van der Waals surface area contributed by atoms with Crippen molar-refractivity contribution in [3.8, 4) is 22.3 Å². The van der Waals surface area contributed by atoms with Crippen molar-refractivity contribution in [2.24, 2.45) is 0 Å². The van der Waals surface area contributed by atoms with Gasteiger partial charge in [-0.1, -0.05) is 146 Å². The lowest BCUT2D eigenvalue weighted by Gasteiger charge is -2.28. The normalized spacial score (nSPS) is 11.6. The Morgan fingerprint density at radius 3 is 1.84 bits per heavy atom. The molecule has 0 N–H and O–H groups in total. The predicted molar refractivity (Wildman–Crippen MR) is 212 cm³/mol. The fourth-order valence-electron chi connectivity index (χ4n) is 7.66. The molecule has 10 aromatic rings. The maximum Gasteiger partial charge on any atom is 0.143 e. The van der Waals surface area contributed by atoms with E-state index in [1.807, 2.05) is 0 Å². The smallest absolute Gasteiger partial charge is 0.143 e. The summed E-state index contributed by atoms with van der Waals surface area (Å²) in [6.07, 6.45) is 0. The monoisotopic (exact) mass is 637 g/mol. The lowest BCUT2D eigenvalue weighted by atomic mass is 9.97. The Balaban J connectivity index is 1.17. The number of fused-ring (bicyclic) bond motifs is 8. The van der Waals surface area contributed by atoms with Gasteiger partial charge in [-0.25, -0.2) is 0 Å². The van der Waals surface area contributed by atoms with Gasteiger partial charge in [-0.2, -0.15) is 0 Å². The number of rotatable bonds is 5. The van der Waals surface area contributed by atoms with Gasteiger partial charge >= 0.3 is 0 Å². The highest BCUT2D eigenvalue weighted by atomic mass is 16.3. The van der Waals surface area contributed by atoms with Crippen molar-refractivity contribution >= 4 is 71.3 Å². The van der Waals surface area contributed by atoms with E-state index < -0.39 is 0 Å². The number of para-hydroxylation sites is 1. The first-order valence-electron chi connectivity index (χ1n) is 17.1. The van der Waals surface area contributed by atoms with Gasteiger partial charge in [-0.15, -0.1) is 0 Å². The average Bonchev–Trinajstić information content (AvgIpc) is 3.59. The molecule has 0 aliphatic rings. The first-order chi connectivity index (χ1) is 24.8. The molecule has 0 aliphatic carbocycles. The fraction of sp³-hybridized carbons (Fsp3) is 0. The van der Waals surface area contributed by atoms with Crippen LogP contribution in [0.2, 0.25) is 0 Å². The second kappa shape index (κ2) is 11.5. The molecule has 2 heteroatoms. The van der Waals surface area contributed by atoms with Gasteiger partial charge in [0, 0.05) is 22.0 Å². The summed E-state index contributed by atoms with van der Waals surface area (Å²) >= 11 is 0. The SMILES string of the molecule is c1ccc(-c2ccccc2N(c2ccc(-c3ccc4c(ccc5ccccc54)c3)cc2)c2cccc3oc4c5ccccc5ccc4c23)cc1. The molecule has 0 radical (unpaired) electrons. The molecule has 0 saturated heterocycles. The van der Waals surface area contributed by atoms with Crippen LogP contribution < -0.4 is 4.90 Å². The number of furan rings is 1. The van der Waals surface area contributed by atoms with Crippen molar-refractivity contribution in [3.63, 3.8) is 0 Å². The Bertz CT molecular complexity index is 2870. The van der Waals surface area contributed by atoms with E-state index in [0.717, 1.165) is 50.0 Å². The molecule has 0 unspecified atom stereocenters. The molecule has 50 heavy (non-hydrogen) atoms. The highest BCUT2D eigenvalue weighted by molar-refractivity contribution is 6.20. The maximum absolute atomic E-state index is 6.66. The molecule has 234 valence electrons. The number of nitrogens with zero attached hydrogens (tertiary/aromatic N) is 1. The number of benzene rings is 9. The molecule has 0 spiro atoms. The molecule has 0 aliphatic heterocycles. The minimum atomic E-state index is 0.872. The third-order valence-corrected chi connectivity index (χ3v) is 10.0. The molecule has 2 nitrogen and oxygen atoms in total. The zero-order chi connectivity index (χ0) is 33.0. The second-order valence-electron chi connectivity index (χ2n) is 12.9. The molecule has 1 heterocycles. The Kier molecular flexibility index (Phi) is 6.53. The molecule has 0 bridgehead atoms. The standard InChI is InChI=1S/C48H31NO/c1-2-11-33(12-3-1)41-16-8-9-18-44(41)49(45-19-10-20-46-47(45)43-30-25-35-14-5-7-17-42(35)48(43)50-46)38-27-23-32(24-28-38)36-26-29-40-37(31-36)22-21-34-13-4-6-15-39(34)40/h1-31H. The van der Waals surface area contributed by atoms with Crippen LogP contribution in [-0.2, 0) is 0 Å². The fourth-order valence-corrected chi connectivity index (χ4v) is 7.66. The molecular weight excluding hydrogens is 607 g/mol. The number of hydrogen-bond donors (Lipinski definition) is 0. The van der Waals surface area contributed by atoms with Gasteiger partial charge in [0.1, 0.15) is 11.2 Å². The van der Waals surface area contributed by atoms with E-state index in [2.05, 4.69) is 193 Å². The molecule has 0 atom stereocenters. The van der Waals surface area contributed by atoms with Gasteiger partial charge in [-0.05, 0) is 86.1 Å². The highest BCUT2D eigenvalue weighted by Crippen LogP contribution is 2.47. The van der Waals surface area contributed by atoms with E-state index in [-0.39, 0.29) is 0 Å². The molecule has 1 aromatic heterocycles. The molecule has 9 aromatic carbocycles. The van der Waals surface area contributed by atoms with E-state index in [1.165, 1.54) is 43.6 Å². The second-order valence-corrected chi connectivity index (χ2v) is 12.9. The summed E-state index contributed by atoms with van der Waals surface area (Å²) in [5, 5.41) is 9.57. The van der Waals surface area contributed by atoms with Gasteiger partial charge in [-0.3, -0.25) is 0 Å². The van der Waals surface area contributed by atoms with Crippen LogP contribution >= 0.6 is 0 Å². The first kappa shape index (κ1) is 28.4. The summed E-state index contributed by atoms with van der Waals surface area (Å²) in [4.78, 5) is 2.39. The summed E-state index contributed by atoms with van der Waals surface area (Å²) in [7, 11) is 0. The van der Waals surface area contributed by atoms with Crippen LogP contribution in [0.4, 0.5) is 17.1 Å². The van der Waals surface area contributed by atoms with Crippen molar-refractivity contribution in [3.05, 3.63) is 188 Å². The molecule has 10 rings (SSSR count). The largest absolute Gasteiger partial charge is 0.455 e. The number of anilines is 3. The number of hydrogen-bond acceptors (Lipinski definition) is 2. The Morgan fingerprint density at radius 2 is 0.980 bits per heavy atom. The van der Waals surface area contributed by atoms with Crippen molar-refractivity contribution in [1.29, 1.82) is 0 Å². The van der Waals surface area contributed by atoms with Crippen LogP contribution in [0.1, 0.15) is 0 Å². The highest BCUT2D eigenvalue weighted by Gasteiger charge is 2.22. The summed E-state index contributed by atoms with van der Waals surface area (Å²) in [5.74, 6) is 0. The van der Waals surface area contributed by atoms with Gasteiger partial charge < -0.3 is 9.32 Å². The van der Waals surface area contributed by atoms with Gasteiger partial charge in [0.15, 0.2) is 0 Å². The van der Waals surface area contributed by atoms with Crippen LogP contribution in [-0.4, -0.2) is 0 Å². The quantitative estimate of drug-likeness (QED) is 0.175. The van der Waals surface area contributed by atoms with Crippen LogP contribution in [0.15, 0.2) is 192 Å². The van der Waals surface area contributed by atoms with Crippen LogP contribution in [0.25, 0.3) is 76.5 Å². The molecule has 0 amide bonds. The third-order valence-electron chi connectivity index (χ3n) is 10.0. The van der Waals surface area contributed by atoms with E-state index in [1.54, 1.807) is 0 Å². The van der Waals surface area contributed by atoms with Crippen molar-refractivity contribution in [2.75, 3.05) is 4.90 Å². The molecule has 0 saturated carbocycles. The van der Waals surface area contributed by atoms with E-state index in [9.17, 15) is 0 Å². The minimum Gasteiger partial charge on any atom is -0.455 e. The Labute approximate surface area is 290 Å². The third kappa shape index (κ3) is 4.57. The maximum atomic E-state index is 6.66. The van der Waals surface area contributed by atoms with Gasteiger partial charge in [0.05, 0.1) is 16.8 Å². The summed E-state index contributed by atoms with van der Waals surface area (Å²) in [6.45, 7) is 0. The van der Waals surface area contributed by atoms with Crippen LogP contribution in [0.3, 0.4) is 0 Å². The van der Waals surface area contributed by atoms with Crippen molar-refractivity contribution < 1.29 is 4.42 Å². The van der Waals surface area contributed by atoms with Gasteiger partial charge in [0.25, 0.3) is 0 Å². The van der Waals surface area contributed by atoms with Gasteiger partial charge in [0.2, 0.25) is 0 Å². The zero-order valence-corrected chi connectivity index (χ0v) is 27.3. The average molecular weight is 638 g/mol. The zero-order valence-electron chi connectivity index (χ0n) is 27.3. The predicted octanol–water partition coefficient (Wildman–Crippen LogP) is 13.8. The molecular formula is C48H31NO. The van der Waals surface area contributed by atoms with Crippen LogP contribution in [0.5, 0.6) is 0 Å². The molecule has 0 fully saturated rings. The summed E-state index contributed by atoms with van der Waals surface area (Å²) in [6, 6.07) is 67.5. The van der Waals surface area contributed by atoms with E-state index >= 15 is 0 Å². The minimum absolute atomic E-state index is 0.872. The lowest BCUT2D eigenvalue weighted by molar-refractivity contribution is 0.672. The van der Waals surface area contributed by atoms with E-state index in [4.69, 9.17) is 4.42 Å². The summed E-state index contributed by atoms with van der Waals surface area (Å²) < 4.78 is 6.66. The Morgan fingerprint density at radius 1 is 0.360 bits per heavy atom. The van der Waals surface area contributed by atoms with Crippen LogP contribution in [0, 0.1) is 0 Å². The topological polar surface area (TPSA) is 16.4 Å². The Hall–Kier alpha value is -6.64. The first-order valence-corrected chi connectivity index (χ1v) is 17.1.